The van der Waals surface area contributed by atoms with Crippen LogP contribution in [0.25, 0.3) is 22.3 Å². The minimum atomic E-state index is -2.38. The molecule has 0 fully saturated rings. The van der Waals surface area contributed by atoms with Gasteiger partial charge in [0.1, 0.15) is 15.5 Å². The maximum Gasteiger partial charge on any atom is 0.343 e. The van der Waals surface area contributed by atoms with Crippen molar-refractivity contribution in [3.63, 3.8) is 0 Å². The van der Waals surface area contributed by atoms with Gasteiger partial charge >= 0.3 is 5.97 Å². The number of aromatic nitrogens is 2. The second-order valence-corrected chi connectivity index (χ2v) is 8.75. The summed E-state index contributed by atoms with van der Waals surface area (Å²) >= 11 is 0. The molecule has 1 aromatic carbocycles. The zero-order valence-electron chi connectivity index (χ0n) is 20.5. The molecule has 1 unspecified atom stereocenters. The molecule has 11 nitrogen and oxygen atoms in total. The lowest BCUT2D eigenvalue weighted by Gasteiger charge is -2.31. The van der Waals surface area contributed by atoms with Crippen LogP contribution in [0, 0.1) is 0 Å². The molecule has 4 N–H and O–H groups in total. The minimum absolute atomic E-state index is 0.0126. The molecular weight excluding hydrogens is 458 g/mol. The maximum atomic E-state index is 13.5. The van der Waals surface area contributed by atoms with Crippen LogP contribution in [-0.4, -0.2) is 44.5 Å². The Bertz CT molecular complexity index is 1620. The highest BCUT2D eigenvalue weighted by Crippen LogP contribution is 2.43. The molecule has 11 heteroatoms. The third-order valence-corrected chi connectivity index (χ3v) is 6.90. The number of primary amides is 1. The molecule has 6 rings (SSSR count). The van der Waals surface area contributed by atoms with E-state index in [1.807, 2.05) is 0 Å². The van der Waals surface area contributed by atoms with Gasteiger partial charge in [-0.2, -0.15) is 0 Å². The molecule has 0 aliphatic carbocycles. The highest BCUT2D eigenvalue weighted by atomic mass is 16.7. The number of cyclic esters (lactones) is 1. The van der Waals surface area contributed by atoms with Gasteiger partial charge in [0, 0.05) is 29.0 Å². The number of ether oxygens (including phenoxy) is 3. The molecule has 0 spiro atoms. The number of fused-ring (bicyclic) bond motifs is 6. The number of benzene rings is 1. The highest BCUT2D eigenvalue weighted by molar-refractivity contribution is 5.92. The SMILES string of the molecule is [2H]C1([2H])Oc2cc3nc4c(c(CC(O)C(N)=O)c3cc2O1)Cn1c-4cc2c(c1=O)COC(=O)[C@]2(O)CC. The number of pyridine rings is 2. The molecule has 0 radical (unpaired) electrons. The second kappa shape index (κ2) is 7.27. The van der Waals surface area contributed by atoms with Crippen molar-refractivity contribution in [1.82, 2.24) is 9.55 Å². The third-order valence-electron chi connectivity index (χ3n) is 6.90. The van der Waals surface area contributed by atoms with Gasteiger partial charge in [0.2, 0.25) is 12.7 Å². The minimum Gasteiger partial charge on any atom is -0.458 e. The summed E-state index contributed by atoms with van der Waals surface area (Å²) < 4.78 is 32.4. The average Bonchev–Trinajstić information content (AvgIpc) is 3.35. The van der Waals surface area contributed by atoms with Gasteiger partial charge in [0.05, 0.1) is 29.0 Å². The molecule has 3 aliphatic rings. The Labute approximate surface area is 200 Å². The molecule has 35 heavy (non-hydrogen) atoms. The number of carbonyl (C=O) groups is 2. The van der Waals surface area contributed by atoms with E-state index in [1.165, 1.54) is 16.7 Å². The number of rotatable bonds is 4. The largest absolute Gasteiger partial charge is 0.458 e. The van der Waals surface area contributed by atoms with Crippen LogP contribution >= 0.6 is 0 Å². The Balaban J connectivity index is 1.62. The Hall–Kier alpha value is -3.96. The monoisotopic (exact) mass is 481 g/mol. The standard InChI is InChI=1S/C24H21N3O8/c1-2-24(32)14-5-16-20-12(7-27(16)22(30)13(14)8-33-23(24)31)10(3-17(28)21(25)29)11-4-18-19(35-9-34-18)6-15(11)26-20/h4-6,17,28,32H,2-3,7-9H2,1H3,(H2,25,29)/t17?,24-/m0/s1/i9D2. The highest BCUT2D eigenvalue weighted by Gasteiger charge is 2.45. The van der Waals surface area contributed by atoms with Crippen molar-refractivity contribution in [2.24, 2.45) is 5.73 Å². The molecule has 0 saturated carbocycles. The van der Waals surface area contributed by atoms with Crippen LogP contribution in [0.1, 0.15) is 38.3 Å². The van der Waals surface area contributed by atoms with E-state index in [2.05, 4.69) is 0 Å². The van der Waals surface area contributed by atoms with Crippen molar-refractivity contribution in [1.29, 1.82) is 0 Å². The summed E-state index contributed by atoms with van der Waals surface area (Å²) in [6.45, 7) is -1.02. The van der Waals surface area contributed by atoms with E-state index < -0.39 is 35.9 Å². The Morgan fingerprint density at radius 3 is 2.71 bits per heavy atom. The van der Waals surface area contributed by atoms with Crippen molar-refractivity contribution < 1.29 is 36.8 Å². The lowest BCUT2D eigenvalue weighted by atomic mass is 9.86. The molecule has 3 aliphatic heterocycles. The topological polar surface area (TPSA) is 163 Å². The van der Waals surface area contributed by atoms with Crippen LogP contribution in [0.15, 0.2) is 23.0 Å². The van der Waals surface area contributed by atoms with E-state index in [0.717, 1.165) is 0 Å². The van der Waals surface area contributed by atoms with Gasteiger partial charge in [-0.3, -0.25) is 9.59 Å². The lowest BCUT2D eigenvalue weighted by molar-refractivity contribution is -0.172. The second-order valence-electron chi connectivity index (χ2n) is 8.75. The molecule has 0 saturated heterocycles. The van der Waals surface area contributed by atoms with Crippen molar-refractivity contribution in [3.05, 3.63) is 50.8 Å². The van der Waals surface area contributed by atoms with Gasteiger partial charge in [0.25, 0.3) is 5.56 Å². The third kappa shape index (κ3) is 2.91. The van der Waals surface area contributed by atoms with Gasteiger partial charge in [-0.25, -0.2) is 9.78 Å². The number of aliphatic hydroxyl groups is 2. The van der Waals surface area contributed by atoms with Gasteiger partial charge in [0.15, 0.2) is 17.1 Å². The molecule has 0 bridgehead atoms. The van der Waals surface area contributed by atoms with E-state index in [4.69, 9.17) is 27.7 Å². The molecule has 180 valence electrons. The fourth-order valence-electron chi connectivity index (χ4n) is 4.97. The molecule has 3 aromatic rings. The number of hydrogen-bond donors (Lipinski definition) is 3. The fourth-order valence-corrected chi connectivity index (χ4v) is 4.97. The van der Waals surface area contributed by atoms with Crippen LogP contribution in [0.4, 0.5) is 0 Å². The maximum absolute atomic E-state index is 13.5. The number of nitrogens with two attached hydrogens (primary N) is 1. The van der Waals surface area contributed by atoms with Gasteiger partial charge in [-0.1, -0.05) is 6.92 Å². The number of amides is 1. The van der Waals surface area contributed by atoms with Crippen molar-refractivity contribution in [2.75, 3.05) is 6.75 Å². The Kier molecular flexibility index (Phi) is 4.02. The molecule has 2 aromatic heterocycles. The number of aliphatic hydroxyl groups excluding tert-OH is 1. The first-order chi connectivity index (χ1) is 17.4. The van der Waals surface area contributed by atoms with Crippen molar-refractivity contribution >= 4 is 22.8 Å². The first kappa shape index (κ1) is 19.4. The van der Waals surface area contributed by atoms with Crippen molar-refractivity contribution in [2.45, 2.75) is 44.6 Å². The lowest BCUT2D eigenvalue weighted by Crippen LogP contribution is -2.44. The number of nitrogens with zero attached hydrogens (tertiary/aromatic N) is 2. The van der Waals surface area contributed by atoms with Crippen LogP contribution in [0.2, 0.25) is 0 Å². The van der Waals surface area contributed by atoms with Crippen LogP contribution in [-0.2, 0) is 39.5 Å². The number of carbonyl (C=O) groups excluding carboxylic acids is 2. The van der Waals surface area contributed by atoms with E-state index in [-0.39, 0.29) is 48.6 Å². The number of hydrogen-bond acceptors (Lipinski definition) is 9. The fraction of sp³-hybridized carbons (Fsp3) is 0.333. The summed E-state index contributed by atoms with van der Waals surface area (Å²) in [5.74, 6) is -1.57. The van der Waals surface area contributed by atoms with E-state index in [1.54, 1.807) is 13.0 Å². The quantitative estimate of drug-likeness (QED) is 0.345. The molecular formula is C24H21N3O8. The number of esters is 1. The summed E-state index contributed by atoms with van der Waals surface area (Å²) in [5, 5.41) is 21.9. The first-order valence-electron chi connectivity index (χ1n) is 12.0. The summed E-state index contributed by atoms with van der Waals surface area (Å²) in [6, 6.07) is 4.52. The predicted molar refractivity (Wildman–Crippen MR) is 120 cm³/mol. The zero-order chi connectivity index (χ0) is 26.4. The Morgan fingerprint density at radius 2 is 2.00 bits per heavy atom. The van der Waals surface area contributed by atoms with E-state index in [0.29, 0.717) is 33.4 Å². The summed E-state index contributed by atoms with van der Waals surface area (Å²) in [5.41, 5.74) is 5.17. The van der Waals surface area contributed by atoms with Gasteiger partial charge in [-0.05, 0) is 24.1 Å². The van der Waals surface area contributed by atoms with Gasteiger partial charge in [-0.15, -0.1) is 0 Å². The van der Waals surface area contributed by atoms with Crippen molar-refractivity contribution in [3.8, 4) is 22.9 Å². The first-order valence-corrected chi connectivity index (χ1v) is 11.0. The summed E-state index contributed by atoms with van der Waals surface area (Å²) in [6.07, 6.45) is -1.76. The Morgan fingerprint density at radius 1 is 1.26 bits per heavy atom. The van der Waals surface area contributed by atoms with E-state index in [9.17, 15) is 24.6 Å². The molecule has 5 heterocycles. The predicted octanol–water partition coefficient (Wildman–Crippen LogP) is 0.197. The zero-order valence-corrected chi connectivity index (χ0v) is 18.5. The van der Waals surface area contributed by atoms with Crippen LogP contribution in [0.5, 0.6) is 11.5 Å². The van der Waals surface area contributed by atoms with Gasteiger partial charge < -0.3 is 34.7 Å². The van der Waals surface area contributed by atoms with Crippen LogP contribution in [0.3, 0.4) is 0 Å². The summed E-state index contributed by atoms with van der Waals surface area (Å²) in [4.78, 5) is 42.3. The van der Waals surface area contributed by atoms with Crippen LogP contribution < -0.4 is 20.8 Å². The smallest absolute Gasteiger partial charge is 0.343 e. The van der Waals surface area contributed by atoms with E-state index >= 15 is 0 Å². The average molecular weight is 481 g/mol. The normalized spacial score (nSPS) is 22.5. The molecule has 2 atom stereocenters. The molecule has 1 amide bonds. The summed E-state index contributed by atoms with van der Waals surface area (Å²) in [7, 11) is 0.